The van der Waals surface area contributed by atoms with Crippen molar-refractivity contribution in [2.75, 3.05) is 26.8 Å². The van der Waals surface area contributed by atoms with Crippen LogP contribution in [0.1, 0.15) is 31.7 Å². The molecular formula is C20H27N3O5. The van der Waals surface area contributed by atoms with Crippen LogP contribution in [0.4, 0.5) is 4.79 Å². The van der Waals surface area contributed by atoms with Crippen LogP contribution in [0.15, 0.2) is 24.3 Å². The fourth-order valence-corrected chi connectivity index (χ4v) is 3.48. The van der Waals surface area contributed by atoms with E-state index in [1.165, 1.54) is 0 Å². The van der Waals surface area contributed by atoms with Crippen molar-refractivity contribution in [3.8, 4) is 5.75 Å². The lowest BCUT2D eigenvalue weighted by atomic mass is 9.93. The van der Waals surface area contributed by atoms with Crippen LogP contribution in [-0.2, 0) is 20.7 Å². The van der Waals surface area contributed by atoms with Crippen molar-refractivity contribution >= 4 is 17.8 Å². The Kier molecular flexibility index (Phi) is 6.18. The van der Waals surface area contributed by atoms with E-state index in [1.807, 2.05) is 24.3 Å². The Morgan fingerprint density at radius 1 is 1.36 bits per heavy atom. The Morgan fingerprint density at radius 2 is 2.11 bits per heavy atom. The van der Waals surface area contributed by atoms with Gasteiger partial charge in [0.05, 0.1) is 13.2 Å². The summed E-state index contributed by atoms with van der Waals surface area (Å²) in [7, 11) is 1.61. The Hall–Kier alpha value is -2.61. The maximum Gasteiger partial charge on any atom is 0.325 e. The molecule has 2 N–H and O–H groups in total. The van der Waals surface area contributed by atoms with E-state index in [0.29, 0.717) is 26.0 Å². The van der Waals surface area contributed by atoms with Crippen LogP contribution in [0.25, 0.3) is 0 Å². The van der Waals surface area contributed by atoms with E-state index in [9.17, 15) is 14.4 Å². The number of hydrogen-bond donors (Lipinski definition) is 2. The minimum Gasteiger partial charge on any atom is -0.497 e. The molecule has 2 atom stereocenters. The number of nitrogens with zero attached hydrogens (tertiary/aromatic N) is 1. The minimum absolute atomic E-state index is 0.0156. The van der Waals surface area contributed by atoms with Crippen LogP contribution >= 0.6 is 0 Å². The summed E-state index contributed by atoms with van der Waals surface area (Å²) >= 11 is 0. The number of urea groups is 1. The lowest BCUT2D eigenvalue weighted by Gasteiger charge is -2.21. The van der Waals surface area contributed by atoms with Gasteiger partial charge in [0.25, 0.3) is 5.91 Å². The van der Waals surface area contributed by atoms with Crippen molar-refractivity contribution in [3.05, 3.63) is 29.8 Å². The van der Waals surface area contributed by atoms with Gasteiger partial charge in [-0.15, -0.1) is 0 Å². The smallest absolute Gasteiger partial charge is 0.325 e. The third-order valence-corrected chi connectivity index (χ3v) is 5.27. The van der Waals surface area contributed by atoms with Gasteiger partial charge in [-0.1, -0.05) is 12.1 Å². The number of aryl methyl sites for hydroxylation is 1. The van der Waals surface area contributed by atoms with Gasteiger partial charge in [-0.25, -0.2) is 4.79 Å². The summed E-state index contributed by atoms with van der Waals surface area (Å²) in [6.45, 7) is 2.52. The zero-order valence-electron chi connectivity index (χ0n) is 16.3. The molecule has 0 unspecified atom stereocenters. The second kappa shape index (κ2) is 8.60. The van der Waals surface area contributed by atoms with Crippen LogP contribution in [0.5, 0.6) is 5.75 Å². The molecule has 0 aliphatic carbocycles. The van der Waals surface area contributed by atoms with Gasteiger partial charge in [0.1, 0.15) is 17.8 Å². The molecule has 0 aromatic heterocycles. The Balaban J connectivity index is 1.52. The van der Waals surface area contributed by atoms with Gasteiger partial charge in [-0.3, -0.25) is 14.5 Å². The summed E-state index contributed by atoms with van der Waals surface area (Å²) in [5.74, 6) is 0.0251. The van der Waals surface area contributed by atoms with Gasteiger partial charge < -0.3 is 20.1 Å². The molecule has 2 heterocycles. The lowest BCUT2D eigenvalue weighted by molar-refractivity contribution is -0.134. The number of nitrogens with one attached hydrogen (secondary N) is 2. The topological polar surface area (TPSA) is 97.0 Å². The Morgan fingerprint density at radius 3 is 2.75 bits per heavy atom. The maximum atomic E-state index is 12.8. The largest absolute Gasteiger partial charge is 0.497 e. The Bertz CT molecular complexity index is 730. The van der Waals surface area contributed by atoms with E-state index in [4.69, 9.17) is 9.47 Å². The molecule has 2 fully saturated rings. The van der Waals surface area contributed by atoms with E-state index in [-0.39, 0.29) is 24.5 Å². The van der Waals surface area contributed by atoms with Crippen molar-refractivity contribution in [2.24, 2.45) is 0 Å². The molecule has 1 aromatic carbocycles. The number of methoxy groups -OCH3 is 1. The van der Waals surface area contributed by atoms with Gasteiger partial charge in [0.15, 0.2) is 0 Å². The monoisotopic (exact) mass is 389 g/mol. The average Bonchev–Trinajstić information content (AvgIpc) is 3.28. The van der Waals surface area contributed by atoms with Crippen molar-refractivity contribution in [3.63, 3.8) is 0 Å². The lowest BCUT2D eigenvalue weighted by Crippen LogP contribution is -2.46. The number of benzene rings is 1. The van der Waals surface area contributed by atoms with Gasteiger partial charge in [0.2, 0.25) is 5.91 Å². The molecule has 8 heteroatoms. The molecule has 0 bridgehead atoms. The molecule has 2 aliphatic rings. The zero-order chi connectivity index (χ0) is 20.1. The molecule has 1 aromatic rings. The summed E-state index contributed by atoms with van der Waals surface area (Å²) in [6.07, 6.45) is 2.97. The van der Waals surface area contributed by atoms with Crippen LogP contribution < -0.4 is 15.4 Å². The molecule has 28 heavy (non-hydrogen) atoms. The van der Waals surface area contributed by atoms with Crippen molar-refractivity contribution < 1.29 is 23.9 Å². The summed E-state index contributed by atoms with van der Waals surface area (Å²) < 4.78 is 10.6. The third-order valence-electron chi connectivity index (χ3n) is 5.27. The summed E-state index contributed by atoms with van der Waals surface area (Å²) in [5, 5.41) is 5.47. The second-order valence-corrected chi connectivity index (χ2v) is 7.44. The average molecular weight is 389 g/mol. The first-order chi connectivity index (χ1) is 13.4. The van der Waals surface area contributed by atoms with Gasteiger partial charge >= 0.3 is 6.03 Å². The highest BCUT2D eigenvalue weighted by Crippen LogP contribution is 2.24. The van der Waals surface area contributed by atoms with Gasteiger partial charge in [-0.05, 0) is 50.3 Å². The molecule has 3 rings (SSSR count). The Labute approximate surface area is 164 Å². The molecule has 4 amide bonds. The third kappa shape index (κ3) is 4.62. The fourth-order valence-electron chi connectivity index (χ4n) is 3.48. The normalized spacial score (nSPS) is 24.4. The number of carbonyl (C=O) groups excluding carboxylic acids is 3. The van der Waals surface area contributed by atoms with Crippen LogP contribution in [0, 0.1) is 0 Å². The summed E-state index contributed by atoms with van der Waals surface area (Å²) in [4.78, 5) is 38.2. The quantitative estimate of drug-likeness (QED) is 0.652. The van der Waals surface area contributed by atoms with Crippen molar-refractivity contribution in [1.82, 2.24) is 15.5 Å². The molecular weight excluding hydrogens is 362 g/mol. The van der Waals surface area contributed by atoms with E-state index >= 15 is 0 Å². The number of carbonyl (C=O) groups is 3. The van der Waals surface area contributed by atoms with Crippen LogP contribution in [-0.4, -0.2) is 61.2 Å². The van der Waals surface area contributed by atoms with Crippen LogP contribution in [0.3, 0.4) is 0 Å². The zero-order valence-corrected chi connectivity index (χ0v) is 16.3. The number of imide groups is 1. The number of ether oxygens (including phenoxy) is 2. The number of amides is 4. The SMILES string of the molecule is COc1ccc(CC[C@@]2(C)NC(=O)N(CC(=O)NC[C@@H]3CCCO3)C2=O)cc1. The predicted octanol–water partition coefficient (Wildman–Crippen LogP) is 1.23. The summed E-state index contributed by atoms with van der Waals surface area (Å²) in [6, 6.07) is 7.04. The minimum atomic E-state index is -1.02. The second-order valence-electron chi connectivity index (χ2n) is 7.44. The molecule has 2 aliphatic heterocycles. The van der Waals surface area contributed by atoms with E-state index in [1.54, 1.807) is 14.0 Å². The van der Waals surface area contributed by atoms with Crippen molar-refractivity contribution in [2.45, 2.75) is 44.2 Å². The fraction of sp³-hybridized carbons (Fsp3) is 0.550. The van der Waals surface area contributed by atoms with Crippen LogP contribution in [0.2, 0.25) is 0 Å². The first-order valence-electron chi connectivity index (χ1n) is 9.56. The first-order valence-corrected chi connectivity index (χ1v) is 9.56. The van der Waals surface area contributed by atoms with Gasteiger partial charge in [-0.2, -0.15) is 0 Å². The highest BCUT2D eigenvalue weighted by atomic mass is 16.5. The molecule has 0 radical (unpaired) electrons. The van der Waals surface area contributed by atoms with E-state index in [2.05, 4.69) is 10.6 Å². The summed E-state index contributed by atoms with van der Waals surface area (Å²) in [5.41, 5.74) is 0.0168. The molecule has 8 nitrogen and oxygen atoms in total. The maximum absolute atomic E-state index is 12.8. The highest BCUT2D eigenvalue weighted by molar-refractivity contribution is 6.08. The van der Waals surface area contributed by atoms with E-state index < -0.39 is 11.6 Å². The molecule has 2 saturated heterocycles. The number of rotatable bonds is 8. The van der Waals surface area contributed by atoms with E-state index in [0.717, 1.165) is 29.1 Å². The van der Waals surface area contributed by atoms with Gasteiger partial charge in [0, 0.05) is 13.2 Å². The molecule has 0 spiro atoms. The molecule has 152 valence electrons. The molecule has 0 saturated carbocycles. The highest BCUT2D eigenvalue weighted by Gasteiger charge is 2.47. The van der Waals surface area contributed by atoms with Crippen molar-refractivity contribution in [1.29, 1.82) is 0 Å². The number of hydrogen-bond acceptors (Lipinski definition) is 5. The standard InChI is InChI=1S/C20H27N3O5/c1-20(10-9-14-5-7-15(27-2)8-6-14)18(25)23(19(26)22-20)13-17(24)21-12-16-4-3-11-28-16/h5-8,16H,3-4,9-13H2,1-2H3,(H,21,24)(H,22,26)/t16-,20+/m0/s1. The predicted molar refractivity (Wildman–Crippen MR) is 102 cm³/mol. The first kappa shape index (κ1) is 20.1.